The normalized spacial score (nSPS) is 31.4. The molecule has 42 heavy (non-hydrogen) atoms. The first kappa shape index (κ1) is 30.0. The quantitative estimate of drug-likeness (QED) is 0.110. The van der Waals surface area contributed by atoms with E-state index in [1.165, 1.54) is 37.4 Å². The van der Waals surface area contributed by atoms with E-state index in [1.54, 1.807) is 0 Å². The Kier molecular flexibility index (Phi) is 8.30. The average molecular weight is 595 g/mol. The number of aromatic hydroxyl groups is 2. The molecule has 8 unspecified atom stereocenters. The Hall–Kier alpha value is -3.51. The summed E-state index contributed by atoms with van der Waals surface area (Å²) in [5.74, 6) is -0.712. The number of phenols is 2. The molecule has 2 fully saturated rings. The highest BCUT2D eigenvalue weighted by molar-refractivity contribution is 5.98. The molecule has 15 heteroatoms. The molecule has 228 valence electrons. The third-order valence-corrected chi connectivity index (χ3v) is 7.22. The van der Waals surface area contributed by atoms with Crippen LogP contribution in [0, 0.1) is 0 Å². The van der Waals surface area contributed by atoms with E-state index in [0.29, 0.717) is 5.56 Å². The van der Waals surface area contributed by atoms with Gasteiger partial charge in [0.1, 0.15) is 53.2 Å². The van der Waals surface area contributed by atoms with Crippen LogP contribution in [0.5, 0.6) is 23.0 Å². The van der Waals surface area contributed by atoms with Crippen molar-refractivity contribution in [3.63, 3.8) is 0 Å². The summed E-state index contributed by atoms with van der Waals surface area (Å²) < 4.78 is 32.9. The van der Waals surface area contributed by atoms with Gasteiger partial charge < -0.3 is 69.0 Å². The minimum Gasteiger partial charge on any atom is -0.504 e. The zero-order valence-electron chi connectivity index (χ0n) is 22.1. The van der Waals surface area contributed by atoms with E-state index in [2.05, 4.69) is 0 Å². The van der Waals surface area contributed by atoms with E-state index >= 15 is 0 Å². The van der Waals surface area contributed by atoms with E-state index in [9.17, 15) is 45.6 Å². The van der Waals surface area contributed by atoms with Gasteiger partial charge in [-0.25, -0.2) is 4.79 Å². The lowest BCUT2D eigenvalue weighted by atomic mass is 9.98. The van der Waals surface area contributed by atoms with E-state index < -0.39 is 79.9 Å². The van der Waals surface area contributed by atoms with Crippen molar-refractivity contribution in [1.82, 2.24) is 0 Å². The molecule has 2 saturated heterocycles. The summed E-state index contributed by atoms with van der Waals surface area (Å²) in [6, 6.07) is 7.80. The van der Waals surface area contributed by atoms with Crippen molar-refractivity contribution in [1.29, 1.82) is 0 Å². The van der Waals surface area contributed by atoms with Crippen LogP contribution in [-0.2, 0) is 14.2 Å². The SMILES string of the molecule is COc1cc(OC2OC(COC3OCC(O)(CO)C3O)C(O)C(O)C2O)c2c(-c3ccc(O)c(O)c3)cc(=O)oc2c1. The molecular formula is C27H30O15. The van der Waals surface area contributed by atoms with Gasteiger partial charge in [-0.3, -0.25) is 0 Å². The molecule has 0 amide bonds. The Labute approximate surface area is 236 Å². The Morgan fingerprint density at radius 1 is 0.976 bits per heavy atom. The molecule has 0 saturated carbocycles. The summed E-state index contributed by atoms with van der Waals surface area (Å²) in [5, 5.41) is 81.5. The number of methoxy groups -OCH3 is 1. The van der Waals surface area contributed by atoms with Gasteiger partial charge in [-0.15, -0.1) is 0 Å². The van der Waals surface area contributed by atoms with Crippen LogP contribution in [0.1, 0.15) is 0 Å². The summed E-state index contributed by atoms with van der Waals surface area (Å²) in [6.07, 6.45) is -11.2. The lowest BCUT2D eigenvalue weighted by Gasteiger charge is -2.40. The Morgan fingerprint density at radius 2 is 1.74 bits per heavy atom. The van der Waals surface area contributed by atoms with Crippen LogP contribution in [0.25, 0.3) is 22.1 Å². The van der Waals surface area contributed by atoms with Crippen LogP contribution in [0.4, 0.5) is 0 Å². The second kappa shape index (κ2) is 11.6. The van der Waals surface area contributed by atoms with Gasteiger partial charge in [-0.2, -0.15) is 0 Å². The highest BCUT2D eigenvalue weighted by Gasteiger charge is 2.50. The molecule has 8 atom stereocenters. The van der Waals surface area contributed by atoms with Crippen molar-refractivity contribution in [2.24, 2.45) is 0 Å². The van der Waals surface area contributed by atoms with Crippen LogP contribution in [0.2, 0.25) is 0 Å². The zero-order valence-corrected chi connectivity index (χ0v) is 22.1. The van der Waals surface area contributed by atoms with E-state index in [-0.39, 0.29) is 33.8 Å². The van der Waals surface area contributed by atoms with Crippen molar-refractivity contribution in [3.05, 3.63) is 46.8 Å². The van der Waals surface area contributed by atoms with Crippen molar-refractivity contribution >= 4 is 11.0 Å². The Morgan fingerprint density at radius 3 is 2.40 bits per heavy atom. The molecule has 1 aromatic heterocycles. The van der Waals surface area contributed by atoms with Gasteiger partial charge in [0.15, 0.2) is 17.8 Å². The third kappa shape index (κ3) is 5.49. The molecule has 0 aliphatic carbocycles. The summed E-state index contributed by atoms with van der Waals surface area (Å²) in [5.41, 5.74) is -2.20. The molecular weight excluding hydrogens is 564 g/mol. The molecule has 0 radical (unpaired) electrons. The number of ether oxygens (including phenoxy) is 5. The highest BCUT2D eigenvalue weighted by Crippen LogP contribution is 2.41. The number of fused-ring (bicyclic) bond motifs is 1. The summed E-state index contributed by atoms with van der Waals surface area (Å²) in [7, 11) is 1.35. The fourth-order valence-corrected chi connectivity index (χ4v) is 4.77. The fourth-order valence-electron chi connectivity index (χ4n) is 4.77. The molecule has 3 heterocycles. The van der Waals surface area contributed by atoms with Crippen LogP contribution >= 0.6 is 0 Å². The maximum Gasteiger partial charge on any atom is 0.336 e. The summed E-state index contributed by atoms with van der Waals surface area (Å²) in [4.78, 5) is 12.4. The number of aliphatic hydroxyl groups excluding tert-OH is 5. The van der Waals surface area contributed by atoms with E-state index in [4.69, 9.17) is 28.1 Å². The van der Waals surface area contributed by atoms with Crippen molar-refractivity contribution < 1.29 is 69.0 Å². The Balaban J connectivity index is 1.47. The lowest BCUT2D eigenvalue weighted by molar-refractivity contribution is -0.289. The van der Waals surface area contributed by atoms with E-state index in [0.717, 1.165) is 6.07 Å². The van der Waals surface area contributed by atoms with Gasteiger partial charge >= 0.3 is 5.63 Å². The average Bonchev–Trinajstić information content (AvgIpc) is 3.26. The zero-order chi connectivity index (χ0) is 30.3. The first-order valence-corrected chi connectivity index (χ1v) is 12.7. The van der Waals surface area contributed by atoms with Crippen LogP contribution in [0.15, 0.2) is 45.6 Å². The largest absolute Gasteiger partial charge is 0.504 e. The highest BCUT2D eigenvalue weighted by atomic mass is 16.7. The molecule has 3 aromatic rings. The number of phenolic OH excluding ortho intramolecular Hbond substituents is 2. The minimum absolute atomic E-state index is 0.00563. The topological polar surface area (TPSA) is 238 Å². The first-order valence-electron chi connectivity index (χ1n) is 12.7. The van der Waals surface area contributed by atoms with E-state index in [1.807, 2.05) is 0 Å². The van der Waals surface area contributed by atoms with Gasteiger partial charge in [-0.1, -0.05) is 6.07 Å². The Bertz CT molecular complexity index is 1490. The summed E-state index contributed by atoms with van der Waals surface area (Å²) in [6.45, 7) is -1.71. The predicted molar refractivity (Wildman–Crippen MR) is 139 cm³/mol. The monoisotopic (exact) mass is 594 g/mol. The first-order chi connectivity index (χ1) is 19.9. The molecule has 8 N–H and O–H groups in total. The molecule has 15 nitrogen and oxygen atoms in total. The number of rotatable bonds is 8. The predicted octanol–water partition coefficient (Wildman–Crippen LogP) is -1.48. The van der Waals surface area contributed by atoms with Gasteiger partial charge in [0.25, 0.3) is 0 Å². The van der Waals surface area contributed by atoms with Crippen LogP contribution in [-0.4, -0.2) is 116 Å². The number of aliphatic hydroxyl groups is 6. The molecule has 2 aromatic carbocycles. The molecule has 2 aliphatic rings. The maximum absolute atomic E-state index is 12.4. The number of hydrogen-bond donors (Lipinski definition) is 8. The molecule has 2 aliphatic heterocycles. The molecule has 0 bridgehead atoms. The standard InChI is InChI=1S/C27H30O15/c1-37-12-5-16-20(13(7-19(31)40-16)11-2-3-14(29)15(30)4-11)17(6-12)41-25-23(34)22(33)21(32)18(42-25)8-38-26-24(35)27(36,9-28)10-39-26/h2-7,18,21-26,28-30,32-36H,8-10H2,1H3. The van der Waals surface area contributed by atoms with Gasteiger partial charge in [0, 0.05) is 23.8 Å². The minimum atomic E-state index is -1.95. The summed E-state index contributed by atoms with van der Waals surface area (Å²) >= 11 is 0. The number of hydrogen-bond acceptors (Lipinski definition) is 15. The van der Waals surface area contributed by atoms with Crippen LogP contribution < -0.4 is 15.1 Å². The van der Waals surface area contributed by atoms with Gasteiger partial charge in [-0.05, 0) is 17.7 Å². The molecule has 5 rings (SSSR count). The molecule has 0 spiro atoms. The van der Waals surface area contributed by atoms with Crippen molar-refractivity contribution in [2.75, 3.05) is 26.9 Å². The van der Waals surface area contributed by atoms with Crippen LogP contribution in [0.3, 0.4) is 0 Å². The van der Waals surface area contributed by atoms with Crippen molar-refractivity contribution in [2.45, 2.75) is 48.7 Å². The fraction of sp³-hybridized carbons (Fsp3) is 0.444. The number of benzene rings is 2. The second-order valence-corrected chi connectivity index (χ2v) is 10.0. The maximum atomic E-state index is 12.4. The second-order valence-electron chi connectivity index (χ2n) is 10.0. The third-order valence-electron chi connectivity index (χ3n) is 7.22. The van der Waals surface area contributed by atoms with Gasteiger partial charge in [0.2, 0.25) is 6.29 Å². The smallest absolute Gasteiger partial charge is 0.336 e. The lowest BCUT2D eigenvalue weighted by Crippen LogP contribution is -2.60. The van der Waals surface area contributed by atoms with Crippen molar-refractivity contribution in [3.8, 4) is 34.1 Å². The van der Waals surface area contributed by atoms with Gasteiger partial charge in [0.05, 0.1) is 32.3 Å².